The predicted molar refractivity (Wildman–Crippen MR) is 81.1 cm³/mol. The van der Waals surface area contributed by atoms with E-state index in [2.05, 4.69) is 29.9 Å². The highest BCUT2D eigenvalue weighted by Gasteiger charge is 2.11. The SMILES string of the molecule is CCC[C@H](NNC(=O)c1ccccc1)c1ccccc1. The Kier molecular flexibility index (Phi) is 5.33. The molecule has 0 aliphatic rings. The number of hydrogen-bond donors (Lipinski definition) is 2. The first-order valence-electron chi connectivity index (χ1n) is 6.97. The minimum atomic E-state index is -0.109. The van der Waals surface area contributed by atoms with E-state index in [9.17, 15) is 4.79 Å². The van der Waals surface area contributed by atoms with Gasteiger partial charge in [-0.1, -0.05) is 61.9 Å². The number of hydrazine groups is 1. The van der Waals surface area contributed by atoms with E-state index in [1.165, 1.54) is 5.56 Å². The summed E-state index contributed by atoms with van der Waals surface area (Å²) in [7, 11) is 0. The van der Waals surface area contributed by atoms with Crippen molar-refractivity contribution < 1.29 is 4.79 Å². The van der Waals surface area contributed by atoms with Crippen molar-refractivity contribution in [1.29, 1.82) is 0 Å². The van der Waals surface area contributed by atoms with E-state index >= 15 is 0 Å². The molecule has 2 aromatic carbocycles. The largest absolute Gasteiger partial charge is 0.287 e. The van der Waals surface area contributed by atoms with Gasteiger partial charge < -0.3 is 0 Å². The summed E-state index contributed by atoms with van der Waals surface area (Å²) in [6.07, 6.45) is 2.02. The molecule has 2 N–H and O–H groups in total. The zero-order valence-electron chi connectivity index (χ0n) is 11.7. The molecular formula is C17H20N2O. The molecule has 3 nitrogen and oxygen atoms in total. The monoisotopic (exact) mass is 268 g/mol. The van der Waals surface area contributed by atoms with Gasteiger partial charge in [-0.05, 0) is 24.1 Å². The lowest BCUT2D eigenvalue weighted by molar-refractivity contribution is 0.0923. The first-order chi connectivity index (χ1) is 9.81. The maximum absolute atomic E-state index is 12.0. The van der Waals surface area contributed by atoms with Crippen LogP contribution in [0.2, 0.25) is 0 Å². The number of nitrogens with one attached hydrogen (secondary N) is 2. The smallest absolute Gasteiger partial charge is 0.265 e. The second-order valence-electron chi connectivity index (χ2n) is 4.72. The number of amides is 1. The minimum Gasteiger partial charge on any atom is -0.287 e. The molecule has 0 saturated heterocycles. The van der Waals surface area contributed by atoms with Crippen molar-refractivity contribution in [3.8, 4) is 0 Å². The van der Waals surface area contributed by atoms with Crippen LogP contribution in [0.4, 0.5) is 0 Å². The zero-order chi connectivity index (χ0) is 14.2. The Morgan fingerprint density at radius 2 is 1.60 bits per heavy atom. The Morgan fingerprint density at radius 3 is 2.20 bits per heavy atom. The predicted octanol–water partition coefficient (Wildman–Crippen LogP) is 3.46. The van der Waals surface area contributed by atoms with Gasteiger partial charge in [-0.15, -0.1) is 0 Å². The van der Waals surface area contributed by atoms with Gasteiger partial charge >= 0.3 is 0 Å². The second-order valence-corrected chi connectivity index (χ2v) is 4.72. The van der Waals surface area contributed by atoms with Crippen LogP contribution in [0.1, 0.15) is 41.7 Å². The van der Waals surface area contributed by atoms with Crippen LogP contribution >= 0.6 is 0 Å². The average molecular weight is 268 g/mol. The van der Waals surface area contributed by atoms with Crippen molar-refractivity contribution in [2.45, 2.75) is 25.8 Å². The zero-order valence-corrected chi connectivity index (χ0v) is 11.7. The molecule has 0 saturated carbocycles. The van der Waals surface area contributed by atoms with Gasteiger partial charge in [0.05, 0.1) is 6.04 Å². The van der Waals surface area contributed by atoms with Crippen molar-refractivity contribution >= 4 is 5.91 Å². The van der Waals surface area contributed by atoms with Gasteiger partial charge in [0.1, 0.15) is 0 Å². The summed E-state index contributed by atoms with van der Waals surface area (Å²) in [5.41, 5.74) is 7.77. The van der Waals surface area contributed by atoms with Gasteiger partial charge in [0, 0.05) is 5.56 Å². The Bertz CT molecular complexity index is 525. The Labute approximate surface area is 120 Å². The van der Waals surface area contributed by atoms with Crippen LogP contribution in [0.5, 0.6) is 0 Å². The van der Waals surface area contributed by atoms with E-state index < -0.39 is 0 Å². The summed E-state index contributed by atoms with van der Waals surface area (Å²) in [5.74, 6) is -0.109. The van der Waals surface area contributed by atoms with Crippen LogP contribution in [-0.2, 0) is 0 Å². The summed E-state index contributed by atoms with van der Waals surface area (Å²) >= 11 is 0. The fourth-order valence-corrected chi connectivity index (χ4v) is 2.11. The van der Waals surface area contributed by atoms with E-state index in [4.69, 9.17) is 0 Å². The first kappa shape index (κ1) is 14.3. The van der Waals surface area contributed by atoms with Gasteiger partial charge in [-0.25, -0.2) is 5.43 Å². The molecule has 0 radical (unpaired) electrons. The molecule has 0 fully saturated rings. The maximum atomic E-state index is 12.0. The van der Waals surface area contributed by atoms with Gasteiger partial charge in [0.25, 0.3) is 5.91 Å². The molecule has 0 unspecified atom stereocenters. The van der Waals surface area contributed by atoms with E-state index in [-0.39, 0.29) is 11.9 Å². The van der Waals surface area contributed by atoms with Crippen LogP contribution < -0.4 is 10.9 Å². The summed E-state index contributed by atoms with van der Waals surface area (Å²) in [6, 6.07) is 19.5. The van der Waals surface area contributed by atoms with E-state index in [1.807, 2.05) is 36.4 Å². The fraction of sp³-hybridized carbons (Fsp3) is 0.235. The lowest BCUT2D eigenvalue weighted by Crippen LogP contribution is -2.40. The van der Waals surface area contributed by atoms with E-state index in [0.29, 0.717) is 5.56 Å². The molecule has 20 heavy (non-hydrogen) atoms. The molecule has 1 amide bonds. The normalized spacial score (nSPS) is 11.8. The lowest BCUT2D eigenvalue weighted by Gasteiger charge is -2.19. The van der Waals surface area contributed by atoms with Gasteiger partial charge in [-0.3, -0.25) is 10.2 Å². The van der Waals surface area contributed by atoms with Crippen LogP contribution in [0.25, 0.3) is 0 Å². The molecule has 0 bridgehead atoms. The molecule has 3 heteroatoms. The quantitative estimate of drug-likeness (QED) is 0.788. The van der Waals surface area contributed by atoms with Crippen LogP contribution in [0.3, 0.4) is 0 Å². The van der Waals surface area contributed by atoms with E-state index in [1.54, 1.807) is 12.1 Å². The molecular weight excluding hydrogens is 248 g/mol. The molecule has 0 aliphatic carbocycles. The Balaban J connectivity index is 1.98. The summed E-state index contributed by atoms with van der Waals surface area (Å²) < 4.78 is 0. The highest BCUT2D eigenvalue weighted by atomic mass is 16.2. The van der Waals surface area contributed by atoms with Crippen LogP contribution in [0.15, 0.2) is 60.7 Å². The van der Waals surface area contributed by atoms with Crippen molar-refractivity contribution in [2.75, 3.05) is 0 Å². The standard InChI is InChI=1S/C17H20N2O/c1-2-9-16(14-10-5-3-6-11-14)18-19-17(20)15-12-7-4-8-13-15/h3-8,10-13,16,18H,2,9H2,1H3,(H,19,20)/t16-/m0/s1. The second kappa shape index (κ2) is 7.46. The van der Waals surface area contributed by atoms with E-state index in [0.717, 1.165) is 12.8 Å². The molecule has 1 atom stereocenters. The molecule has 0 aromatic heterocycles. The maximum Gasteiger partial charge on any atom is 0.265 e. The third-order valence-corrected chi connectivity index (χ3v) is 3.18. The molecule has 0 spiro atoms. The van der Waals surface area contributed by atoms with Crippen molar-refractivity contribution in [2.24, 2.45) is 0 Å². The van der Waals surface area contributed by atoms with Crippen molar-refractivity contribution in [1.82, 2.24) is 10.9 Å². The fourth-order valence-electron chi connectivity index (χ4n) is 2.11. The summed E-state index contributed by atoms with van der Waals surface area (Å²) in [6.45, 7) is 2.14. The summed E-state index contributed by atoms with van der Waals surface area (Å²) in [5, 5.41) is 0. The number of benzene rings is 2. The Hall–Kier alpha value is -2.13. The molecule has 0 heterocycles. The van der Waals surface area contributed by atoms with Crippen LogP contribution in [0, 0.1) is 0 Å². The van der Waals surface area contributed by atoms with Crippen LogP contribution in [-0.4, -0.2) is 5.91 Å². The lowest BCUT2D eigenvalue weighted by atomic mass is 10.0. The summed E-state index contributed by atoms with van der Waals surface area (Å²) in [4.78, 5) is 12.0. The van der Waals surface area contributed by atoms with Gasteiger partial charge in [0.15, 0.2) is 0 Å². The third kappa shape index (κ3) is 3.93. The molecule has 2 aromatic rings. The first-order valence-corrected chi connectivity index (χ1v) is 6.97. The van der Waals surface area contributed by atoms with Gasteiger partial charge in [-0.2, -0.15) is 0 Å². The Morgan fingerprint density at radius 1 is 1.00 bits per heavy atom. The van der Waals surface area contributed by atoms with Crippen molar-refractivity contribution in [3.63, 3.8) is 0 Å². The number of rotatable bonds is 6. The highest BCUT2D eigenvalue weighted by molar-refractivity contribution is 5.93. The topological polar surface area (TPSA) is 41.1 Å². The van der Waals surface area contributed by atoms with Gasteiger partial charge in [0.2, 0.25) is 0 Å². The van der Waals surface area contributed by atoms with Crippen molar-refractivity contribution in [3.05, 3.63) is 71.8 Å². The molecule has 104 valence electrons. The molecule has 2 rings (SSSR count). The average Bonchev–Trinajstić information content (AvgIpc) is 2.53. The highest BCUT2D eigenvalue weighted by Crippen LogP contribution is 2.17. The molecule has 0 aliphatic heterocycles. The number of hydrogen-bond acceptors (Lipinski definition) is 2. The third-order valence-electron chi connectivity index (χ3n) is 3.18. The number of carbonyl (C=O) groups is 1. The number of carbonyl (C=O) groups excluding carboxylic acids is 1. The minimum absolute atomic E-state index is 0.109.